The highest BCUT2D eigenvalue weighted by Gasteiger charge is 2.31. The van der Waals surface area contributed by atoms with Gasteiger partial charge < -0.3 is 9.47 Å². The molecule has 0 saturated heterocycles. The zero-order chi connectivity index (χ0) is 41.5. The van der Waals surface area contributed by atoms with Crippen LogP contribution < -0.4 is 9.80 Å². The van der Waals surface area contributed by atoms with Gasteiger partial charge in [-0.3, -0.25) is 19.0 Å². The maximum absolute atomic E-state index is 13.1. The van der Waals surface area contributed by atoms with Crippen molar-refractivity contribution in [2.24, 2.45) is 14.1 Å². The molecule has 0 atom stereocenters. The molecule has 0 aromatic carbocycles. The second-order valence-electron chi connectivity index (χ2n) is 15.9. The van der Waals surface area contributed by atoms with E-state index >= 15 is 0 Å². The van der Waals surface area contributed by atoms with Crippen LogP contribution in [-0.2, 0) is 33.2 Å². The van der Waals surface area contributed by atoms with Gasteiger partial charge in [0.25, 0.3) is 0 Å². The fourth-order valence-corrected chi connectivity index (χ4v) is 6.44. The summed E-state index contributed by atoms with van der Waals surface area (Å²) in [5.74, 6) is 0.989. The molecule has 0 N–H and O–H groups in total. The van der Waals surface area contributed by atoms with E-state index in [-0.39, 0.29) is 11.6 Å². The predicted molar refractivity (Wildman–Crippen MR) is 214 cm³/mol. The number of carbonyl (C=O) groups is 4. The Morgan fingerprint density at radius 3 is 1.34 bits per heavy atom. The summed E-state index contributed by atoms with van der Waals surface area (Å²) < 4.78 is 17.7. The summed E-state index contributed by atoms with van der Waals surface area (Å²) in [7, 11) is 3.55. The first-order valence-corrected chi connectivity index (χ1v) is 18.6. The molecule has 6 heterocycles. The van der Waals surface area contributed by atoms with Crippen molar-refractivity contribution < 1.29 is 28.7 Å². The normalized spacial score (nSPS) is 14.3. The van der Waals surface area contributed by atoms with Crippen LogP contribution in [0.2, 0.25) is 0 Å². The zero-order valence-corrected chi connectivity index (χ0v) is 33.6. The lowest BCUT2D eigenvalue weighted by Gasteiger charge is -2.26. The van der Waals surface area contributed by atoms with Gasteiger partial charge in [-0.2, -0.15) is 20.4 Å². The first kappa shape index (κ1) is 39.3. The van der Waals surface area contributed by atoms with Crippen LogP contribution in [0.1, 0.15) is 78.4 Å². The molecule has 8 rings (SSSR count). The quantitative estimate of drug-likeness (QED) is 0.177. The van der Waals surface area contributed by atoms with Gasteiger partial charge in [0, 0.05) is 63.9 Å². The molecular weight excluding hydrogens is 745 g/mol. The summed E-state index contributed by atoms with van der Waals surface area (Å²) in [5, 5.41) is 17.2. The Kier molecular flexibility index (Phi) is 10.3. The van der Waals surface area contributed by atoms with Gasteiger partial charge in [0.15, 0.2) is 34.5 Å². The van der Waals surface area contributed by atoms with Gasteiger partial charge in [0.2, 0.25) is 0 Å². The minimum absolute atomic E-state index is 0.0916. The smallest absolute Gasteiger partial charge is 0.420 e. The van der Waals surface area contributed by atoms with Crippen LogP contribution in [0.25, 0.3) is 22.4 Å². The molecule has 300 valence electrons. The number of nitrogens with zero attached hydrogens (tertiary/aromatic N) is 12. The average molecular weight is 789 g/mol. The van der Waals surface area contributed by atoms with E-state index in [0.717, 1.165) is 22.3 Å². The lowest BCUT2D eigenvalue weighted by Crippen LogP contribution is -2.34. The van der Waals surface area contributed by atoms with E-state index in [1.807, 2.05) is 24.5 Å². The van der Waals surface area contributed by atoms with Gasteiger partial charge in [-0.1, -0.05) is 0 Å². The summed E-state index contributed by atoms with van der Waals surface area (Å²) in [6.45, 7) is 10.8. The Labute approximate surface area is 333 Å². The molecule has 18 nitrogen and oxygen atoms in total. The maximum Gasteiger partial charge on any atom is 0.420 e. The van der Waals surface area contributed by atoms with E-state index in [1.165, 1.54) is 22.5 Å². The van der Waals surface area contributed by atoms with Crippen LogP contribution in [0.3, 0.4) is 0 Å². The number of fused-ring (bicyclic) bond motifs is 2. The lowest BCUT2D eigenvalue weighted by molar-refractivity contribution is -0.114. The van der Waals surface area contributed by atoms with Crippen LogP contribution in [0.15, 0.2) is 73.9 Å². The number of hydrogen-bond acceptors (Lipinski definition) is 12. The van der Waals surface area contributed by atoms with Gasteiger partial charge in [-0.15, -0.1) is 0 Å². The number of pyridine rings is 2. The predicted octanol–water partition coefficient (Wildman–Crippen LogP) is 6.56. The Hall–Kier alpha value is -6.98. The Morgan fingerprint density at radius 2 is 1.03 bits per heavy atom. The highest BCUT2D eigenvalue weighted by atomic mass is 16.6. The monoisotopic (exact) mass is 788 g/mol. The maximum atomic E-state index is 13.1. The first-order valence-electron chi connectivity index (χ1n) is 18.6. The number of hydrogen-bond donors (Lipinski definition) is 0. The summed E-state index contributed by atoms with van der Waals surface area (Å²) in [6, 6.07) is 7.10. The third-order valence-electron chi connectivity index (χ3n) is 8.90. The van der Waals surface area contributed by atoms with Crippen molar-refractivity contribution in [1.82, 2.24) is 48.8 Å². The standard InChI is InChI=1S/2C20H22N6O3/c2*1-20(2,3)29-19(28)26(17-7-8-24(4)23-17)16-10-14(13-5-6-15(27)9-13)11-25-18(16)21-12-22-25/h2*7-12H,5-6H2,1-4H3. The molecule has 0 spiro atoms. The molecule has 0 unspecified atom stereocenters. The molecule has 0 radical (unpaired) electrons. The van der Waals surface area contributed by atoms with E-state index in [2.05, 4.69) is 30.4 Å². The summed E-state index contributed by atoms with van der Waals surface area (Å²) in [6.07, 6.45) is 14.3. The van der Waals surface area contributed by atoms with Crippen LogP contribution in [0, 0.1) is 0 Å². The zero-order valence-electron chi connectivity index (χ0n) is 33.6. The number of amides is 2. The highest BCUT2D eigenvalue weighted by molar-refractivity contribution is 6.04. The van der Waals surface area contributed by atoms with Crippen molar-refractivity contribution in [1.29, 1.82) is 0 Å². The molecule has 6 aromatic rings. The molecule has 2 amide bonds. The van der Waals surface area contributed by atoms with Gasteiger partial charge in [0.05, 0.1) is 11.4 Å². The molecule has 2 aliphatic carbocycles. The summed E-state index contributed by atoms with van der Waals surface area (Å²) >= 11 is 0. The number of aromatic nitrogens is 10. The SMILES string of the molecule is Cn1ccc(N(C(=O)OC(C)(C)C)c2cc(C3=CC(=O)CC3)cn3ncnc23)n1.Cn1ccc(N(C(=O)OC(C)(C)C)c2cc(C3=CC(=O)CC3)cn3ncnc23)n1. The lowest BCUT2D eigenvalue weighted by atomic mass is 10.1. The minimum Gasteiger partial charge on any atom is -0.443 e. The average Bonchev–Trinajstić information content (AvgIpc) is 3.98. The number of allylic oxidation sites excluding steroid dienone is 4. The number of ether oxygens (including phenoxy) is 2. The number of carbonyl (C=O) groups excluding carboxylic acids is 4. The molecule has 6 aromatic heterocycles. The second kappa shape index (κ2) is 15.2. The van der Waals surface area contributed by atoms with E-state index in [1.54, 1.807) is 111 Å². The first-order chi connectivity index (χ1) is 27.4. The molecule has 58 heavy (non-hydrogen) atoms. The van der Waals surface area contributed by atoms with Crippen molar-refractivity contribution >= 4 is 69.2 Å². The fourth-order valence-electron chi connectivity index (χ4n) is 6.44. The molecule has 18 heteroatoms. The molecule has 0 bridgehead atoms. The van der Waals surface area contributed by atoms with Crippen LogP contribution in [0.5, 0.6) is 0 Å². The van der Waals surface area contributed by atoms with Crippen molar-refractivity contribution in [2.75, 3.05) is 9.80 Å². The molecule has 0 fully saturated rings. The highest BCUT2D eigenvalue weighted by Crippen LogP contribution is 2.36. The van der Waals surface area contributed by atoms with Crippen LogP contribution in [0.4, 0.5) is 32.6 Å². The number of rotatable bonds is 6. The van der Waals surface area contributed by atoms with Crippen molar-refractivity contribution in [2.45, 2.75) is 78.4 Å². The van der Waals surface area contributed by atoms with E-state index in [9.17, 15) is 19.2 Å². The van der Waals surface area contributed by atoms with Gasteiger partial charge in [0.1, 0.15) is 23.9 Å². The largest absolute Gasteiger partial charge is 0.443 e. The van der Waals surface area contributed by atoms with Gasteiger partial charge >= 0.3 is 12.2 Å². The van der Waals surface area contributed by atoms with Crippen LogP contribution >= 0.6 is 0 Å². The summed E-state index contributed by atoms with van der Waals surface area (Å²) in [5.41, 5.74) is 3.95. The number of ketones is 2. The van der Waals surface area contributed by atoms with E-state index < -0.39 is 23.4 Å². The number of aryl methyl sites for hydroxylation is 2. The van der Waals surface area contributed by atoms with E-state index in [4.69, 9.17) is 9.47 Å². The van der Waals surface area contributed by atoms with Crippen LogP contribution in [-0.4, -0.2) is 83.7 Å². The van der Waals surface area contributed by atoms with Crippen molar-refractivity contribution in [3.63, 3.8) is 0 Å². The third-order valence-corrected chi connectivity index (χ3v) is 8.90. The number of anilines is 4. The molecule has 0 saturated carbocycles. The van der Waals surface area contributed by atoms with E-state index in [0.29, 0.717) is 60.0 Å². The second-order valence-corrected chi connectivity index (χ2v) is 15.9. The van der Waals surface area contributed by atoms with Gasteiger partial charge in [-0.05, 0) is 101 Å². The topological polar surface area (TPSA) is 189 Å². The third kappa shape index (κ3) is 8.54. The molecule has 2 aliphatic rings. The Morgan fingerprint density at radius 1 is 0.638 bits per heavy atom. The molecular formula is C40H44N12O6. The van der Waals surface area contributed by atoms with Crippen molar-refractivity contribution in [3.05, 3.63) is 85.0 Å². The van der Waals surface area contributed by atoms with Crippen molar-refractivity contribution in [3.8, 4) is 0 Å². The Bertz CT molecular complexity index is 2450. The molecule has 0 aliphatic heterocycles. The fraction of sp³-hybridized carbons (Fsp3) is 0.350. The minimum atomic E-state index is -0.688. The van der Waals surface area contributed by atoms with Gasteiger partial charge in [-0.25, -0.2) is 38.4 Å². The Balaban J connectivity index is 0.000000177. The summed E-state index contributed by atoms with van der Waals surface area (Å²) in [4.78, 5) is 61.2.